The van der Waals surface area contributed by atoms with Crippen molar-refractivity contribution in [3.63, 3.8) is 0 Å². The first kappa shape index (κ1) is 16.3. The van der Waals surface area contributed by atoms with Crippen LogP contribution in [0.5, 0.6) is 5.75 Å². The number of nitrogens with two attached hydrogens (primary N) is 1. The van der Waals surface area contributed by atoms with Crippen LogP contribution in [0.3, 0.4) is 0 Å². The Morgan fingerprint density at radius 3 is 2.68 bits per heavy atom. The molecule has 1 aromatic carbocycles. The number of aromatic hydroxyl groups is 1. The minimum atomic E-state index is -0.385. The first-order valence-corrected chi connectivity index (χ1v) is 7.04. The Bertz CT molecular complexity index is 640. The third-order valence-electron chi connectivity index (χ3n) is 3.69. The molecule has 0 saturated heterocycles. The van der Waals surface area contributed by atoms with Crippen molar-refractivity contribution in [3.8, 4) is 11.4 Å². The van der Waals surface area contributed by atoms with Gasteiger partial charge in [-0.15, -0.1) is 12.4 Å². The summed E-state index contributed by atoms with van der Waals surface area (Å²) in [5, 5.41) is 16.9. The molecule has 0 spiro atoms. The number of rotatable bonds is 5. The van der Waals surface area contributed by atoms with Crippen LogP contribution in [0, 0.1) is 5.92 Å². The molecule has 22 heavy (non-hydrogen) atoms. The van der Waals surface area contributed by atoms with E-state index >= 15 is 0 Å². The number of amides is 1. The molecule has 118 valence electrons. The summed E-state index contributed by atoms with van der Waals surface area (Å²) in [5.41, 5.74) is 6.48. The zero-order valence-corrected chi connectivity index (χ0v) is 12.8. The molecule has 1 atom stereocenters. The molecular weight excluding hydrogens is 304 g/mol. The van der Waals surface area contributed by atoms with Crippen molar-refractivity contribution in [1.82, 2.24) is 15.1 Å². The van der Waals surface area contributed by atoms with E-state index in [4.69, 9.17) is 5.73 Å². The Labute approximate surface area is 134 Å². The van der Waals surface area contributed by atoms with Crippen molar-refractivity contribution in [1.29, 1.82) is 0 Å². The molecule has 1 amide bonds. The summed E-state index contributed by atoms with van der Waals surface area (Å²) >= 11 is 0. The fourth-order valence-corrected chi connectivity index (χ4v) is 2.34. The van der Waals surface area contributed by atoms with E-state index in [9.17, 15) is 9.90 Å². The van der Waals surface area contributed by atoms with E-state index in [0.717, 1.165) is 18.5 Å². The van der Waals surface area contributed by atoms with E-state index < -0.39 is 0 Å². The van der Waals surface area contributed by atoms with Gasteiger partial charge in [-0.2, -0.15) is 5.10 Å². The first-order valence-electron chi connectivity index (χ1n) is 7.04. The van der Waals surface area contributed by atoms with Crippen LogP contribution < -0.4 is 11.1 Å². The molecule has 1 aromatic heterocycles. The molecule has 6 nitrogen and oxygen atoms in total. The standard InChI is InChI=1S/C15H18N4O2.ClH/c16-8-12(10-6-7-10)17-15(21)14-13(20)9-19(18-14)11-4-2-1-3-5-11;/h1-5,9-10,12,20H,6-8,16H2,(H,17,21);1H. The van der Waals surface area contributed by atoms with E-state index in [0.29, 0.717) is 12.5 Å². The highest BCUT2D eigenvalue weighted by atomic mass is 35.5. The molecule has 1 aliphatic carbocycles. The molecule has 0 bridgehead atoms. The second-order valence-corrected chi connectivity index (χ2v) is 5.30. The van der Waals surface area contributed by atoms with Gasteiger partial charge in [0.1, 0.15) is 0 Å². The van der Waals surface area contributed by atoms with Gasteiger partial charge in [0.05, 0.1) is 11.9 Å². The van der Waals surface area contributed by atoms with Crippen LogP contribution in [-0.2, 0) is 0 Å². The van der Waals surface area contributed by atoms with Crippen molar-refractivity contribution < 1.29 is 9.90 Å². The van der Waals surface area contributed by atoms with Gasteiger partial charge in [-0.05, 0) is 30.9 Å². The van der Waals surface area contributed by atoms with E-state index in [-0.39, 0.29) is 35.8 Å². The molecule has 1 saturated carbocycles. The van der Waals surface area contributed by atoms with Gasteiger partial charge in [-0.1, -0.05) is 18.2 Å². The first-order chi connectivity index (χ1) is 10.2. The van der Waals surface area contributed by atoms with Gasteiger partial charge in [-0.25, -0.2) is 4.68 Å². The normalized spacial score (nSPS) is 15.0. The molecule has 3 rings (SSSR count). The molecule has 7 heteroatoms. The Morgan fingerprint density at radius 2 is 2.09 bits per heavy atom. The topological polar surface area (TPSA) is 93.2 Å². The highest BCUT2D eigenvalue weighted by Crippen LogP contribution is 2.32. The minimum Gasteiger partial charge on any atom is -0.504 e. The average Bonchev–Trinajstić information content (AvgIpc) is 3.27. The Balaban J connectivity index is 0.00000176. The third kappa shape index (κ3) is 3.40. The second kappa shape index (κ2) is 6.81. The zero-order valence-electron chi connectivity index (χ0n) is 12.0. The van der Waals surface area contributed by atoms with Crippen LogP contribution in [0.25, 0.3) is 5.69 Å². The number of nitrogens with one attached hydrogen (secondary N) is 1. The van der Waals surface area contributed by atoms with Crippen molar-refractivity contribution in [2.75, 3.05) is 6.54 Å². The lowest BCUT2D eigenvalue weighted by Gasteiger charge is -2.14. The maximum atomic E-state index is 12.2. The summed E-state index contributed by atoms with van der Waals surface area (Å²) < 4.78 is 1.48. The van der Waals surface area contributed by atoms with Crippen molar-refractivity contribution >= 4 is 18.3 Å². The molecule has 1 fully saturated rings. The van der Waals surface area contributed by atoms with Gasteiger partial charge >= 0.3 is 0 Å². The lowest BCUT2D eigenvalue weighted by molar-refractivity contribution is 0.0925. The Hall–Kier alpha value is -2.05. The molecular formula is C15H19ClN4O2. The van der Waals surface area contributed by atoms with Crippen LogP contribution in [-0.4, -0.2) is 33.4 Å². The number of halogens is 1. The predicted molar refractivity (Wildman–Crippen MR) is 85.5 cm³/mol. The molecule has 1 heterocycles. The van der Waals surface area contributed by atoms with Gasteiger partial charge in [0.15, 0.2) is 11.4 Å². The van der Waals surface area contributed by atoms with Crippen LogP contribution in [0.15, 0.2) is 36.5 Å². The largest absolute Gasteiger partial charge is 0.504 e. The van der Waals surface area contributed by atoms with Gasteiger partial charge in [0.2, 0.25) is 0 Å². The number of carbonyl (C=O) groups excluding carboxylic acids is 1. The van der Waals surface area contributed by atoms with Crippen LogP contribution in [0.4, 0.5) is 0 Å². The maximum Gasteiger partial charge on any atom is 0.275 e. The fourth-order valence-electron chi connectivity index (χ4n) is 2.34. The van der Waals surface area contributed by atoms with Crippen LogP contribution in [0.2, 0.25) is 0 Å². The number of benzene rings is 1. The molecule has 4 N–H and O–H groups in total. The molecule has 1 unspecified atom stereocenters. The fraction of sp³-hybridized carbons (Fsp3) is 0.333. The summed E-state index contributed by atoms with van der Waals surface area (Å²) in [6.07, 6.45) is 3.61. The Morgan fingerprint density at radius 1 is 1.41 bits per heavy atom. The molecule has 0 aliphatic heterocycles. The minimum absolute atomic E-state index is 0. The lowest BCUT2D eigenvalue weighted by atomic mass is 10.2. The van der Waals surface area contributed by atoms with E-state index in [1.807, 2.05) is 30.3 Å². The van der Waals surface area contributed by atoms with Gasteiger partial charge < -0.3 is 16.2 Å². The van der Waals surface area contributed by atoms with Gasteiger partial charge in [0, 0.05) is 12.6 Å². The lowest BCUT2D eigenvalue weighted by Crippen LogP contribution is -2.41. The van der Waals surface area contributed by atoms with Gasteiger partial charge in [0.25, 0.3) is 5.91 Å². The number of hydrogen-bond donors (Lipinski definition) is 3. The maximum absolute atomic E-state index is 12.2. The summed E-state index contributed by atoms with van der Waals surface area (Å²) in [7, 11) is 0. The summed E-state index contributed by atoms with van der Waals surface area (Å²) in [4.78, 5) is 12.2. The summed E-state index contributed by atoms with van der Waals surface area (Å²) in [6, 6.07) is 9.28. The number of carbonyl (C=O) groups is 1. The molecule has 1 aliphatic rings. The average molecular weight is 323 g/mol. The number of aromatic nitrogens is 2. The number of nitrogens with zero attached hydrogens (tertiary/aromatic N) is 2. The summed E-state index contributed by atoms with van der Waals surface area (Å²) in [5.74, 6) is -0.0650. The smallest absolute Gasteiger partial charge is 0.275 e. The van der Waals surface area contributed by atoms with E-state index in [1.165, 1.54) is 10.9 Å². The Kier molecular flexibility index (Phi) is 5.05. The van der Waals surface area contributed by atoms with Crippen LogP contribution in [0.1, 0.15) is 23.3 Å². The summed E-state index contributed by atoms with van der Waals surface area (Å²) in [6.45, 7) is 0.399. The molecule has 2 aromatic rings. The highest BCUT2D eigenvalue weighted by molar-refractivity contribution is 5.95. The highest BCUT2D eigenvalue weighted by Gasteiger charge is 2.32. The second-order valence-electron chi connectivity index (χ2n) is 5.30. The van der Waals surface area contributed by atoms with Crippen molar-refractivity contribution in [3.05, 3.63) is 42.2 Å². The molecule has 0 radical (unpaired) electrons. The van der Waals surface area contributed by atoms with Crippen molar-refractivity contribution in [2.24, 2.45) is 11.7 Å². The monoisotopic (exact) mass is 322 g/mol. The van der Waals surface area contributed by atoms with Crippen LogP contribution >= 0.6 is 12.4 Å². The zero-order chi connectivity index (χ0) is 14.8. The number of hydrogen-bond acceptors (Lipinski definition) is 4. The number of para-hydroxylation sites is 1. The third-order valence-corrected chi connectivity index (χ3v) is 3.69. The van der Waals surface area contributed by atoms with Gasteiger partial charge in [-0.3, -0.25) is 4.79 Å². The predicted octanol–water partition coefficient (Wildman–Crippen LogP) is 1.47. The van der Waals surface area contributed by atoms with E-state index in [2.05, 4.69) is 10.4 Å². The quantitative estimate of drug-likeness (QED) is 0.777. The van der Waals surface area contributed by atoms with Crippen molar-refractivity contribution in [2.45, 2.75) is 18.9 Å². The van der Waals surface area contributed by atoms with E-state index in [1.54, 1.807) is 0 Å². The SMILES string of the molecule is Cl.NCC(NC(=O)c1nn(-c2ccccc2)cc1O)C1CC1.